The molecule has 0 aliphatic carbocycles. The predicted octanol–water partition coefficient (Wildman–Crippen LogP) is 1.98. The lowest BCUT2D eigenvalue weighted by molar-refractivity contribution is 0.768. The van der Waals surface area contributed by atoms with Crippen LogP contribution in [0.15, 0.2) is 12.4 Å². The Hall–Kier alpha value is -1.91. The highest BCUT2D eigenvalue weighted by Crippen LogP contribution is 2.19. The van der Waals surface area contributed by atoms with Crippen LogP contribution < -0.4 is 5.73 Å². The second-order valence-electron chi connectivity index (χ2n) is 4.45. The lowest BCUT2D eigenvalue weighted by Gasteiger charge is -2.07. The Morgan fingerprint density at radius 3 is 2.47 bits per heavy atom. The Kier molecular flexibility index (Phi) is 2.83. The minimum absolute atomic E-state index is 0.367. The van der Waals surface area contributed by atoms with Crippen LogP contribution in [0.1, 0.15) is 36.8 Å². The minimum atomic E-state index is 0.367. The number of hydrogen-bond acceptors (Lipinski definition) is 4. The molecule has 0 aliphatic rings. The fourth-order valence-electron chi connectivity index (χ4n) is 1.67. The van der Waals surface area contributed by atoms with E-state index in [1.807, 2.05) is 19.9 Å². The summed E-state index contributed by atoms with van der Waals surface area (Å²) < 4.78 is 1.76. The van der Waals surface area contributed by atoms with Crippen LogP contribution in [0, 0.1) is 13.8 Å². The summed E-state index contributed by atoms with van der Waals surface area (Å²) in [7, 11) is 0. The average Bonchev–Trinajstić information content (AvgIpc) is 2.57. The van der Waals surface area contributed by atoms with Crippen molar-refractivity contribution >= 4 is 5.69 Å². The summed E-state index contributed by atoms with van der Waals surface area (Å²) in [5.74, 6) is 1.13. The summed E-state index contributed by atoms with van der Waals surface area (Å²) in [4.78, 5) is 8.48. The van der Waals surface area contributed by atoms with E-state index < -0.39 is 0 Å². The van der Waals surface area contributed by atoms with Crippen molar-refractivity contribution < 1.29 is 0 Å². The molecule has 0 spiro atoms. The third kappa shape index (κ3) is 2.00. The van der Waals surface area contributed by atoms with Crippen molar-refractivity contribution in [1.82, 2.24) is 19.7 Å². The van der Waals surface area contributed by atoms with Crippen LogP contribution in [-0.4, -0.2) is 19.7 Å². The van der Waals surface area contributed by atoms with E-state index >= 15 is 0 Å². The summed E-state index contributed by atoms with van der Waals surface area (Å²) in [5, 5.41) is 4.38. The van der Waals surface area contributed by atoms with Gasteiger partial charge in [-0.15, -0.1) is 0 Å². The molecule has 2 heterocycles. The minimum Gasteiger partial charge on any atom is -0.396 e. The zero-order chi connectivity index (χ0) is 12.6. The first-order valence-electron chi connectivity index (χ1n) is 5.64. The van der Waals surface area contributed by atoms with E-state index in [4.69, 9.17) is 5.73 Å². The van der Waals surface area contributed by atoms with Gasteiger partial charge in [-0.3, -0.25) is 0 Å². The molecular formula is C12H17N5. The first-order chi connectivity index (χ1) is 8.00. The van der Waals surface area contributed by atoms with Crippen molar-refractivity contribution in [2.75, 3.05) is 5.73 Å². The Morgan fingerprint density at radius 1 is 1.24 bits per heavy atom. The normalized spacial score (nSPS) is 11.1. The van der Waals surface area contributed by atoms with Crippen molar-refractivity contribution in [2.45, 2.75) is 33.6 Å². The smallest absolute Gasteiger partial charge is 0.157 e. The molecule has 17 heavy (non-hydrogen) atoms. The number of nitrogen functional groups attached to an aromatic ring is 1. The highest BCUT2D eigenvalue weighted by atomic mass is 15.3. The van der Waals surface area contributed by atoms with Crippen LogP contribution in [0.2, 0.25) is 0 Å². The highest BCUT2D eigenvalue weighted by Gasteiger charge is 2.12. The van der Waals surface area contributed by atoms with Crippen LogP contribution in [0.4, 0.5) is 5.69 Å². The van der Waals surface area contributed by atoms with Gasteiger partial charge in [-0.05, 0) is 19.8 Å². The molecule has 2 N–H and O–H groups in total. The molecule has 0 unspecified atom stereocenters. The van der Waals surface area contributed by atoms with Gasteiger partial charge in [0.2, 0.25) is 0 Å². The van der Waals surface area contributed by atoms with Gasteiger partial charge >= 0.3 is 0 Å². The zero-order valence-corrected chi connectivity index (χ0v) is 10.6. The summed E-state index contributed by atoms with van der Waals surface area (Å²) >= 11 is 0. The number of nitrogens with zero attached hydrogens (tertiary/aromatic N) is 4. The second kappa shape index (κ2) is 4.16. The predicted molar refractivity (Wildman–Crippen MR) is 67.1 cm³/mol. The molecule has 2 aromatic heterocycles. The van der Waals surface area contributed by atoms with E-state index in [9.17, 15) is 0 Å². The Balaban J connectivity index is 2.53. The largest absolute Gasteiger partial charge is 0.396 e. The van der Waals surface area contributed by atoms with Crippen LogP contribution in [0.3, 0.4) is 0 Å². The standard InChI is InChI=1S/C12H17N5/c1-7(2)10-5-11(15-6-14-10)17-9(4)12(13)8(3)16-17/h5-7H,13H2,1-4H3. The van der Waals surface area contributed by atoms with E-state index in [1.54, 1.807) is 11.0 Å². The maximum atomic E-state index is 5.91. The average molecular weight is 231 g/mol. The Labute approximate surface area is 101 Å². The number of rotatable bonds is 2. The summed E-state index contributed by atoms with van der Waals surface area (Å²) in [6.45, 7) is 8.03. The van der Waals surface area contributed by atoms with Crippen LogP contribution in [-0.2, 0) is 0 Å². The monoisotopic (exact) mass is 231 g/mol. The molecule has 0 aromatic carbocycles. The number of hydrogen-bond donors (Lipinski definition) is 1. The third-order valence-electron chi connectivity index (χ3n) is 2.83. The van der Waals surface area contributed by atoms with Crippen LogP contribution >= 0.6 is 0 Å². The van der Waals surface area contributed by atoms with Crippen molar-refractivity contribution in [1.29, 1.82) is 0 Å². The molecule has 90 valence electrons. The fourth-order valence-corrected chi connectivity index (χ4v) is 1.67. The molecule has 0 atom stereocenters. The van der Waals surface area contributed by atoms with Gasteiger partial charge in [-0.25, -0.2) is 14.6 Å². The number of aromatic nitrogens is 4. The molecule has 5 heteroatoms. The van der Waals surface area contributed by atoms with Gasteiger partial charge in [-0.2, -0.15) is 5.10 Å². The molecule has 5 nitrogen and oxygen atoms in total. The van der Waals surface area contributed by atoms with E-state index in [0.717, 1.165) is 28.6 Å². The molecule has 2 rings (SSSR count). The topological polar surface area (TPSA) is 69.6 Å². The fraction of sp³-hybridized carbons (Fsp3) is 0.417. The Bertz CT molecular complexity index is 542. The Morgan fingerprint density at radius 2 is 1.94 bits per heavy atom. The first kappa shape index (κ1) is 11.6. The van der Waals surface area contributed by atoms with E-state index in [-0.39, 0.29) is 0 Å². The molecule has 0 aliphatic heterocycles. The van der Waals surface area contributed by atoms with Gasteiger partial charge in [-0.1, -0.05) is 13.8 Å². The molecule has 0 bridgehead atoms. The van der Waals surface area contributed by atoms with Crippen molar-refractivity contribution in [2.24, 2.45) is 0 Å². The van der Waals surface area contributed by atoms with Gasteiger partial charge in [0.1, 0.15) is 6.33 Å². The number of anilines is 1. The molecule has 0 saturated heterocycles. The molecule has 0 radical (unpaired) electrons. The summed E-state index contributed by atoms with van der Waals surface area (Å²) in [6.07, 6.45) is 1.57. The number of nitrogens with two attached hydrogens (primary N) is 1. The van der Waals surface area contributed by atoms with Gasteiger partial charge < -0.3 is 5.73 Å². The van der Waals surface area contributed by atoms with Crippen LogP contribution in [0.5, 0.6) is 0 Å². The summed E-state index contributed by atoms with van der Waals surface area (Å²) in [5.41, 5.74) is 9.37. The van der Waals surface area contributed by atoms with Gasteiger partial charge in [0.25, 0.3) is 0 Å². The quantitative estimate of drug-likeness (QED) is 0.858. The first-order valence-corrected chi connectivity index (χ1v) is 5.64. The summed E-state index contributed by atoms with van der Waals surface area (Å²) in [6, 6.07) is 1.95. The van der Waals surface area contributed by atoms with Crippen molar-refractivity contribution in [3.05, 3.63) is 29.5 Å². The third-order valence-corrected chi connectivity index (χ3v) is 2.83. The van der Waals surface area contributed by atoms with E-state index in [2.05, 4.69) is 28.9 Å². The van der Waals surface area contributed by atoms with E-state index in [1.165, 1.54) is 0 Å². The lowest BCUT2D eigenvalue weighted by Crippen LogP contribution is -2.05. The number of aryl methyl sites for hydroxylation is 1. The van der Waals surface area contributed by atoms with Crippen LogP contribution in [0.25, 0.3) is 5.82 Å². The lowest BCUT2D eigenvalue weighted by atomic mass is 10.1. The van der Waals surface area contributed by atoms with Gasteiger partial charge in [0, 0.05) is 11.8 Å². The SMILES string of the molecule is Cc1nn(-c2cc(C(C)C)ncn2)c(C)c1N. The van der Waals surface area contributed by atoms with Crippen molar-refractivity contribution in [3.63, 3.8) is 0 Å². The highest BCUT2D eigenvalue weighted by molar-refractivity contribution is 5.49. The van der Waals surface area contributed by atoms with Crippen molar-refractivity contribution in [3.8, 4) is 5.82 Å². The second-order valence-corrected chi connectivity index (χ2v) is 4.45. The molecule has 2 aromatic rings. The molecule has 0 saturated carbocycles. The molecular weight excluding hydrogens is 214 g/mol. The molecule has 0 amide bonds. The maximum Gasteiger partial charge on any atom is 0.157 e. The zero-order valence-electron chi connectivity index (χ0n) is 10.6. The van der Waals surface area contributed by atoms with Gasteiger partial charge in [0.15, 0.2) is 5.82 Å². The molecule has 0 fully saturated rings. The van der Waals surface area contributed by atoms with Gasteiger partial charge in [0.05, 0.1) is 17.1 Å². The van der Waals surface area contributed by atoms with E-state index in [0.29, 0.717) is 5.92 Å². The maximum absolute atomic E-state index is 5.91.